The molecule has 1 amide bonds. The van der Waals surface area contributed by atoms with Crippen LogP contribution in [0.3, 0.4) is 0 Å². The number of amides is 1. The molecule has 0 heterocycles. The van der Waals surface area contributed by atoms with Crippen molar-refractivity contribution in [2.24, 2.45) is 0 Å². The molecule has 0 spiro atoms. The van der Waals surface area contributed by atoms with Crippen LogP contribution >= 0.6 is 11.6 Å². The zero-order valence-corrected chi connectivity index (χ0v) is 16.7. The lowest BCUT2D eigenvalue weighted by molar-refractivity contribution is 0.0927. The van der Waals surface area contributed by atoms with Gasteiger partial charge in [0.2, 0.25) is 10.0 Å². The molecule has 0 unspecified atom stereocenters. The van der Waals surface area contributed by atoms with Gasteiger partial charge >= 0.3 is 0 Å². The third kappa shape index (κ3) is 6.65. The van der Waals surface area contributed by atoms with Crippen LogP contribution in [0.25, 0.3) is 0 Å². The van der Waals surface area contributed by atoms with Gasteiger partial charge in [0.05, 0.1) is 30.0 Å². The summed E-state index contributed by atoms with van der Waals surface area (Å²) in [7, 11) is -1.87. The van der Waals surface area contributed by atoms with Crippen molar-refractivity contribution < 1.29 is 22.7 Å². The van der Waals surface area contributed by atoms with Gasteiger partial charge in [0.1, 0.15) is 18.1 Å². The van der Waals surface area contributed by atoms with E-state index in [1.165, 1.54) is 18.2 Å². The summed E-state index contributed by atoms with van der Waals surface area (Å²) in [6, 6.07) is 11.1. The van der Waals surface area contributed by atoms with Gasteiger partial charge < -0.3 is 14.8 Å². The van der Waals surface area contributed by atoms with Crippen molar-refractivity contribution in [2.45, 2.75) is 13.0 Å². The van der Waals surface area contributed by atoms with E-state index < -0.39 is 15.9 Å². The minimum Gasteiger partial charge on any atom is -0.497 e. The van der Waals surface area contributed by atoms with Gasteiger partial charge in [0.15, 0.2) is 0 Å². The summed E-state index contributed by atoms with van der Waals surface area (Å²) in [5.41, 5.74) is 0.427. The van der Waals surface area contributed by atoms with E-state index in [4.69, 9.17) is 21.1 Å². The minimum atomic E-state index is -3.45. The molecule has 2 aromatic carbocycles. The largest absolute Gasteiger partial charge is 0.497 e. The number of hydrogen-bond donors (Lipinski definition) is 2. The maximum absolute atomic E-state index is 12.4. The number of ether oxygens (including phenoxy) is 2. The lowest BCUT2D eigenvalue weighted by Crippen LogP contribution is -2.37. The second kappa shape index (κ2) is 8.96. The molecule has 2 rings (SSSR count). The highest BCUT2D eigenvalue weighted by atomic mass is 35.5. The van der Waals surface area contributed by atoms with Crippen LogP contribution in [0.1, 0.15) is 17.3 Å². The first-order valence-electron chi connectivity index (χ1n) is 8.03. The van der Waals surface area contributed by atoms with E-state index in [0.29, 0.717) is 5.75 Å². The van der Waals surface area contributed by atoms with Crippen LogP contribution < -0.4 is 19.5 Å². The minimum absolute atomic E-state index is 0.168. The molecule has 0 aliphatic rings. The first kappa shape index (κ1) is 20.9. The van der Waals surface area contributed by atoms with Crippen molar-refractivity contribution in [2.75, 3.05) is 24.7 Å². The van der Waals surface area contributed by atoms with Gasteiger partial charge in [-0.05, 0) is 49.4 Å². The molecule has 7 nitrogen and oxygen atoms in total. The molecule has 2 N–H and O–H groups in total. The van der Waals surface area contributed by atoms with Crippen molar-refractivity contribution in [1.29, 1.82) is 0 Å². The number of sulfonamides is 1. The van der Waals surface area contributed by atoms with Gasteiger partial charge in [-0.25, -0.2) is 8.42 Å². The molecule has 1 atom stereocenters. The zero-order valence-electron chi connectivity index (χ0n) is 15.2. The fourth-order valence-electron chi connectivity index (χ4n) is 2.21. The number of benzene rings is 2. The normalized spacial score (nSPS) is 12.1. The van der Waals surface area contributed by atoms with Gasteiger partial charge in [-0.1, -0.05) is 11.6 Å². The second-order valence-corrected chi connectivity index (χ2v) is 8.09. The third-order valence-corrected chi connectivity index (χ3v) is 4.39. The zero-order chi connectivity index (χ0) is 20.0. The second-order valence-electron chi connectivity index (χ2n) is 5.93. The topological polar surface area (TPSA) is 93.7 Å². The van der Waals surface area contributed by atoms with Crippen LogP contribution in [0.4, 0.5) is 5.69 Å². The number of nitrogens with one attached hydrogen (secondary N) is 2. The highest BCUT2D eigenvalue weighted by Gasteiger charge is 2.15. The van der Waals surface area contributed by atoms with E-state index in [0.717, 1.165) is 12.0 Å². The van der Waals surface area contributed by atoms with Crippen molar-refractivity contribution in [3.63, 3.8) is 0 Å². The number of carbonyl (C=O) groups is 1. The Kier molecular flexibility index (Phi) is 6.92. The Hall–Kier alpha value is -2.45. The maximum Gasteiger partial charge on any atom is 0.253 e. The standard InChI is InChI=1S/C18H21ClN2O5S/c1-12(11-26-15-7-5-14(25-2)6-8-15)20-18(22)16-10-13(4-9-17(16)19)21-27(3,23)24/h4-10,12,21H,11H2,1-3H3,(H,20,22)/t12-/m0/s1. The summed E-state index contributed by atoms with van der Waals surface area (Å²) in [6.45, 7) is 2.03. The van der Waals surface area contributed by atoms with Crippen LogP contribution in [0.5, 0.6) is 11.5 Å². The van der Waals surface area contributed by atoms with Gasteiger partial charge in [-0.15, -0.1) is 0 Å². The molecular formula is C18H21ClN2O5S. The molecular weight excluding hydrogens is 392 g/mol. The fraction of sp³-hybridized carbons (Fsp3) is 0.278. The average Bonchev–Trinajstić information content (AvgIpc) is 2.60. The molecule has 0 radical (unpaired) electrons. The van der Waals surface area contributed by atoms with Gasteiger partial charge in [-0.2, -0.15) is 0 Å². The SMILES string of the molecule is COc1ccc(OC[C@H](C)NC(=O)c2cc(NS(C)(=O)=O)ccc2Cl)cc1. The Morgan fingerprint density at radius 3 is 2.37 bits per heavy atom. The Morgan fingerprint density at radius 2 is 1.78 bits per heavy atom. The number of halogens is 1. The molecule has 0 aliphatic carbocycles. The monoisotopic (exact) mass is 412 g/mol. The molecule has 2 aromatic rings. The number of carbonyl (C=O) groups excluding carboxylic acids is 1. The molecule has 146 valence electrons. The van der Waals surface area contributed by atoms with Crippen molar-refractivity contribution in [3.8, 4) is 11.5 Å². The third-order valence-electron chi connectivity index (χ3n) is 3.45. The number of rotatable bonds is 8. The van der Waals surface area contributed by atoms with Crippen molar-refractivity contribution in [1.82, 2.24) is 5.32 Å². The molecule has 0 saturated heterocycles. The Labute approximate surface area is 163 Å². The van der Waals surface area contributed by atoms with Crippen LogP contribution in [0, 0.1) is 0 Å². The lowest BCUT2D eigenvalue weighted by atomic mass is 10.2. The lowest BCUT2D eigenvalue weighted by Gasteiger charge is -2.16. The molecule has 9 heteroatoms. The highest BCUT2D eigenvalue weighted by molar-refractivity contribution is 7.92. The highest BCUT2D eigenvalue weighted by Crippen LogP contribution is 2.21. The van der Waals surface area contributed by atoms with E-state index in [2.05, 4.69) is 10.0 Å². The number of anilines is 1. The van der Waals surface area contributed by atoms with Crippen LogP contribution in [-0.4, -0.2) is 40.3 Å². The van der Waals surface area contributed by atoms with E-state index in [-0.39, 0.29) is 28.9 Å². The van der Waals surface area contributed by atoms with Gasteiger partial charge in [-0.3, -0.25) is 9.52 Å². The number of methoxy groups -OCH3 is 1. The Bertz CT molecular complexity index is 900. The molecule has 27 heavy (non-hydrogen) atoms. The van der Waals surface area contributed by atoms with Gasteiger partial charge in [0, 0.05) is 5.69 Å². The summed E-state index contributed by atoms with van der Waals surface area (Å²) in [5.74, 6) is 0.943. The molecule has 0 saturated carbocycles. The molecule has 0 fully saturated rings. The van der Waals surface area contributed by atoms with Crippen LogP contribution in [0.15, 0.2) is 42.5 Å². The van der Waals surface area contributed by atoms with Crippen LogP contribution in [0.2, 0.25) is 5.02 Å². The van der Waals surface area contributed by atoms with Crippen molar-refractivity contribution >= 4 is 33.2 Å². The van der Waals surface area contributed by atoms with Crippen molar-refractivity contribution in [3.05, 3.63) is 53.1 Å². The molecule has 0 bridgehead atoms. The summed E-state index contributed by atoms with van der Waals surface area (Å²) in [4.78, 5) is 12.4. The summed E-state index contributed by atoms with van der Waals surface area (Å²) >= 11 is 6.07. The van der Waals surface area contributed by atoms with E-state index in [9.17, 15) is 13.2 Å². The van der Waals surface area contributed by atoms with Crippen LogP contribution in [-0.2, 0) is 10.0 Å². The predicted molar refractivity (Wildman–Crippen MR) is 105 cm³/mol. The predicted octanol–water partition coefficient (Wildman–Crippen LogP) is 2.92. The smallest absolute Gasteiger partial charge is 0.253 e. The molecule has 0 aromatic heterocycles. The summed E-state index contributed by atoms with van der Waals surface area (Å²) in [5, 5.41) is 2.99. The quantitative estimate of drug-likeness (QED) is 0.695. The Balaban J connectivity index is 1.97. The van der Waals surface area contributed by atoms with E-state index >= 15 is 0 Å². The summed E-state index contributed by atoms with van der Waals surface area (Å²) in [6.07, 6.45) is 1.03. The first-order valence-corrected chi connectivity index (χ1v) is 10.3. The molecule has 0 aliphatic heterocycles. The first-order chi connectivity index (χ1) is 12.7. The average molecular weight is 413 g/mol. The van der Waals surface area contributed by atoms with Gasteiger partial charge in [0.25, 0.3) is 5.91 Å². The Morgan fingerprint density at radius 1 is 1.15 bits per heavy atom. The number of hydrogen-bond acceptors (Lipinski definition) is 5. The van der Waals surface area contributed by atoms with E-state index in [1.54, 1.807) is 38.3 Å². The maximum atomic E-state index is 12.4. The fourth-order valence-corrected chi connectivity index (χ4v) is 2.97. The van der Waals surface area contributed by atoms with E-state index in [1.807, 2.05) is 0 Å². The summed E-state index contributed by atoms with van der Waals surface area (Å²) < 4.78 is 35.7.